The molecule has 0 fully saturated rings. The second kappa shape index (κ2) is 16.7. The Kier molecular flexibility index (Phi) is 12.8. The second-order valence-electron chi connectivity index (χ2n) is 14.5. The van der Waals surface area contributed by atoms with E-state index in [1.807, 2.05) is 64.1 Å². The minimum atomic E-state index is -0.106. The predicted octanol–water partition coefficient (Wildman–Crippen LogP) is 10.2. The van der Waals surface area contributed by atoms with Gasteiger partial charge in [0.05, 0.1) is 27.7 Å². The molecule has 0 aliphatic carbocycles. The SMILES string of the molecule is CCc1ccc(C(=O)Nc2c(C)cc(-c3cc(C)c(NC(=O)c4ccc(CCCCCCCC[N+](C)(C)C)cc4)c(C)c3)cc2C)cc1. The first-order chi connectivity index (χ1) is 22.8. The van der Waals surface area contributed by atoms with Crippen LogP contribution in [0.2, 0.25) is 0 Å². The van der Waals surface area contributed by atoms with Crippen LogP contribution in [0.15, 0.2) is 72.8 Å². The smallest absolute Gasteiger partial charge is 0.255 e. The number of carbonyl (C=O) groups is 2. The number of hydrogen-bond acceptors (Lipinski definition) is 2. The van der Waals surface area contributed by atoms with Crippen LogP contribution in [0.1, 0.15) is 99.5 Å². The molecular weight excluding hydrogens is 590 g/mol. The van der Waals surface area contributed by atoms with Gasteiger partial charge in [0.15, 0.2) is 0 Å². The summed E-state index contributed by atoms with van der Waals surface area (Å²) in [6, 6.07) is 24.3. The summed E-state index contributed by atoms with van der Waals surface area (Å²) >= 11 is 0. The fraction of sp³-hybridized carbons (Fsp3) is 0.395. The van der Waals surface area contributed by atoms with E-state index in [1.54, 1.807) is 0 Å². The van der Waals surface area contributed by atoms with Crippen molar-refractivity contribution < 1.29 is 14.1 Å². The number of carbonyl (C=O) groups excluding carboxylic acids is 2. The largest absolute Gasteiger partial charge is 0.331 e. The summed E-state index contributed by atoms with van der Waals surface area (Å²) in [6.45, 7) is 11.5. The van der Waals surface area contributed by atoms with Crippen LogP contribution in [0, 0.1) is 27.7 Å². The molecule has 5 heteroatoms. The lowest BCUT2D eigenvalue weighted by Crippen LogP contribution is -2.35. The number of benzene rings is 4. The summed E-state index contributed by atoms with van der Waals surface area (Å²) in [5, 5.41) is 6.29. The molecule has 0 heterocycles. The van der Waals surface area contributed by atoms with Gasteiger partial charge < -0.3 is 15.1 Å². The monoisotopic (exact) mass is 646 g/mol. The maximum absolute atomic E-state index is 13.2. The summed E-state index contributed by atoms with van der Waals surface area (Å²) < 4.78 is 1.05. The van der Waals surface area contributed by atoms with E-state index in [-0.39, 0.29) is 11.8 Å². The van der Waals surface area contributed by atoms with E-state index in [0.29, 0.717) is 11.1 Å². The van der Waals surface area contributed by atoms with E-state index >= 15 is 0 Å². The molecule has 5 nitrogen and oxygen atoms in total. The standard InChI is InChI=1S/C43H55N3O2/c1-9-34-17-21-36(22-18-34)42(47)44-40-30(2)26-38(27-31(40)3)39-28-32(4)41(33(5)29-39)45-43(48)37-23-19-35(20-24-37)16-14-12-10-11-13-15-25-46(6,7)8/h17-24,26-29H,9-16,25H2,1-8H3,(H-,44,45,47,48)/p+1. The molecule has 0 saturated heterocycles. The van der Waals surface area contributed by atoms with Gasteiger partial charge in [-0.1, -0.05) is 50.5 Å². The van der Waals surface area contributed by atoms with Gasteiger partial charge in [-0.3, -0.25) is 9.59 Å². The lowest BCUT2D eigenvalue weighted by molar-refractivity contribution is -0.870. The normalized spacial score (nSPS) is 11.4. The Morgan fingerprint density at radius 1 is 0.542 bits per heavy atom. The lowest BCUT2D eigenvalue weighted by Gasteiger charge is -2.23. The molecule has 4 aromatic carbocycles. The van der Waals surface area contributed by atoms with Gasteiger partial charge in [0.25, 0.3) is 11.8 Å². The van der Waals surface area contributed by atoms with Crippen molar-refractivity contribution in [1.29, 1.82) is 0 Å². The van der Waals surface area contributed by atoms with Gasteiger partial charge in [0, 0.05) is 22.5 Å². The fourth-order valence-electron chi connectivity index (χ4n) is 6.36. The zero-order valence-corrected chi connectivity index (χ0v) is 30.6. The van der Waals surface area contributed by atoms with Gasteiger partial charge in [-0.2, -0.15) is 0 Å². The molecule has 4 rings (SSSR count). The van der Waals surface area contributed by atoms with E-state index in [9.17, 15) is 9.59 Å². The van der Waals surface area contributed by atoms with Crippen molar-refractivity contribution in [2.75, 3.05) is 38.3 Å². The third kappa shape index (κ3) is 10.4. The van der Waals surface area contributed by atoms with Crippen LogP contribution in [-0.4, -0.2) is 44.0 Å². The first kappa shape index (κ1) is 36.6. The van der Waals surface area contributed by atoms with Crippen molar-refractivity contribution in [3.05, 3.63) is 117 Å². The Bertz CT molecular complexity index is 1650. The predicted molar refractivity (Wildman–Crippen MR) is 203 cm³/mol. The van der Waals surface area contributed by atoms with Gasteiger partial charge in [-0.15, -0.1) is 0 Å². The second-order valence-corrected chi connectivity index (χ2v) is 14.5. The fourth-order valence-corrected chi connectivity index (χ4v) is 6.36. The first-order valence-electron chi connectivity index (χ1n) is 17.7. The number of quaternary nitrogens is 1. The molecule has 0 unspecified atom stereocenters. The molecular formula is C43H56N3O2+. The third-order valence-corrected chi connectivity index (χ3v) is 9.26. The minimum Gasteiger partial charge on any atom is -0.331 e. The highest BCUT2D eigenvalue weighted by Gasteiger charge is 2.15. The Morgan fingerprint density at radius 2 is 0.917 bits per heavy atom. The molecule has 4 aromatic rings. The quantitative estimate of drug-likeness (QED) is 0.0997. The van der Waals surface area contributed by atoms with Crippen molar-refractivity contribution in [3.8, 4) is 11.1 Å². The Labute approximate surface area is 289 Å². The van der Waals surface area contributed by atoms with Crippen LogP contribution < -0.4 is 10.6 Å². The minimum absolute atomic E-state index is 0.0921. The number of hydrogen-bond donors (Lipinski definition) is 2. The van der Waals surface area contributed by atoms with E-state index < -0.39 is 0 Å². The van der Waals surface area contributed by atoms with Gasteiger partial charge >= 0.3 is 0 Å². The summed E-state index contributed by atoms with van der Waals surface area (Å²) in [6.07, 6.45) is 9.70. The van der Waals surface area contributed by atoms with Crippen LogP contribution >= 0.6 is 0 Å². The molecule has 0 atom stereocenters. The molecule has 0 aliphatic rings. The van der Waals surface area contributed by atoms with Crippen LogP contribution in [0.5, 0.6) is 0 Å². The maximum Gasteiger partial charge on any atom is 0.255 e. The average molecular weight is 647 g/mol. The van der Waals surface area contributed by atoms with Crippen molar-refractivity contribution in [1.82, 2.24) is 0 Å². The molecule has 254 valence electrons. The van der Waals surface area contributed by atoms with E-state index in [4.69, 9.17) is 0 Å². The molecule has 0 aliphatic heterocycles. The summed E-state index contributed by atoms with van der Waals surface area (Å²) in [5.74, 6) is -0.198. The van der Waals surface area contributed by atoms with Crippen molar-refractivity contribution in [2.24, 2.45) is 0 Å². The van der Waals surface area contributed by atoms with Crippen LogP contribution in [0.25, 0.3) is 11.1 Å². The first-order valence-corrected chi connectivity index (χ1v) is 17.7. The Morgan fingerprint density at radius 3 is 1.31 bits per heavy atom. The topological polar surface area (TPSA) is 58.2 Å². The highest BCUT2D eigenvalue weighted by atomic mass is 16.2. The highest BCUT2D eigenvalue weighted by Crippen LogP contribution is 2.33. The molecule has 0 radical (unpaired) electrons. The number of unbranched alkanes of at least 4 members (excludes halogenated alkanes) is 5. The van der Waals surface area contributed by atoms with Crippen LogP contribution in [-0.2, 0) is 12.8 Å². The maximum atomic E-state index is 13.2. The molecule has 0 saturated carbocycles. The van der Waals surface area contributed by atoms with Crippen molar-refractivity contribution in [2.45, 2.75) is 86.0 Å². The zero-order chi connectivity index (χ0) is 34.8. The number of nitrogens with one attached hydrogen (secondary N) is 2. The van der Waals surface area contributed by atoms with Crippen molar-refractivity contribution in [3.63, 3.8) is 0 Å². The lowest BCUT2D eigenvalue weighted by atomic mass is 9.95. The average Bonchev–Trinajstić information content (AvgIpc) is 3.05. The van der Waals surface area contributed by atoms with E-state index in [2.05, 4.69) is 75.1 Å². The summed E-state index contributed by atoms with van der Waals surface area (Å²) in [5.41, 5.74) is 11.7. The Balaban J connectivity index is 1.33. The third-order valence-electron chi connectivity index (χ3n) is 9.26. The summed E-state index contributed by atoms with van der Waals surface area (Å²) in [4.78, 5) is 26.2. The number of nitrogens with zero attached hydrogens (tertiary/aromatic N) is 1. The molecule has 0 spiro atoms. The van der Waals surface area contributed by atoms with Gasteiger partial charge in [0.2, 0.25) is 0 Å². The molecule has 2 N–H and O–H groups in total. The number of aryl methyl sites for hydroxylation is 6. The van der Waals surface area contributed by atoms with E-state index in [1.165, 1.54) is 56.2 Å². The van der Waals surface area contributed by atoms with Gasteiger partial charge in [-0.25, -0.2) is 0 Å². The zero-order valence-electron chi connectivity index (χ0n) is 30.6. The number of anilines is 2. The van der Waals surface area contributed by atoms with Crippen molar-refractivity contribution >= 4 is 23.2 Å². The number of amides is 2. The molecule has 0 bridgehead atoms. The van der Waals surface area contributed by atoms with Gasteiger partial charge in [-0.05, 0) is 153 Å². The van der Waals surface area contributed by atoms with Crippen LogP contribution in [0.4, 0.5) is 11.4 Å². The number of rotatable bonds is 15. The van der Waals surface area contributed by atoms with Gasteiger partial charge in [0.1, 0.15) is 0 Å². The summed E-state index contributed by atoms with van der Waals surface area (Å²) in [7, 11) is 6.78. The van der Waals surface area contributed by atoms with Crippen LogP contribution in [0.3, 0.4) is 0 Å². The van der Waals surface area contributed by atoms with E-state index in [0.717, 1.165) is 62.1 Å². The Hall–Kier alpha value is -4.22. The highest BCUT2D eigenvalue weighted by molar-refractivity contribution is 6.06. The molecule has 48 heavy (non-hydrogen) atoms. The molecule has 2 amide bonds. The molecule has 0 aromatic heterocycles.